The lowest BCUT2D eigenvalue weighted by molar-refractivity contribution is -0.128. The van der Waals surface area contributed by atoms with Crippen LogP contribution < -0.4 is 5.32 Å². The lowest BCUT2D eigenvalue weighted by Crippen LogP contribution is -2.42. The van der Waals surface area contributed by atoms with Gasteiger partial charge in [-0.2, -0.15) is 0 Å². The number of nitrogens with one attached hydrogen (secondary N) is 1. The molecular weight excluding hydrogens is 399 g/mol. The second kappa shape index (κ2) is 9.19. The number of nitrogens with zero attached hydrogens (tertiary/aromatic N) is 1. The Balaban J connectivity index is 1.59. The van der Waals surface area contributed by atoms with Gasteiger partial charge >= 0.3 is 0 Å². The molecule has 1 fully saturated rings. The number of carbonyl (C=O) groups excluding carboxylic acids is 2. The van der Waals surface area contributed by atoms with Gasteiger partial charge in [-0.3, -0.25) is 9.59 Å². The molecule has 1 aliphatic heterocycles. The molecule has 0 aromatic heterocycles. The average molecular weight is 425 g/mol. The second-order valence-electron chi connectivity index (χ2n) is 7.63. The van der Waals surface area contributed by atoms with Crippen LogP contribution in [-0.2, 0) is 16.0 Å². The van der Waals surface area contributed by atoms with E-state index >= 15 is 0 Å². The maximum Gasteiger partial charge on any atom is 0.289 e. The first-order valence-corrected chi connectivity index (χ1v) is 10.6. The molecule has 2 aliphatic rings. The third kappa shape index (κ3) is 4.47. The summed E-state index contributed by atoms with van der Waals surface area (Å²) >= 11 is 11.9. The number of aliphatic hydroxyl groups excluding tert-OH is 1. The summed E-state index contributed by atoms with van der Waals surface area (Å²) in [6, 6.07) is 5.16. The van der Waals surface area contributed by atoms with E-state index in [9.17, 15) is 14.7 Å². The number of halogens is 2. The molecule has 0 spiro atoms. The van der Waals surface area contributed by atoms with Crippen molar-refractivity contribution in [3.05, 3.63) is 45.1 Å². The SMILES string of the molecule is CN1C(=O)C(O)=C(C(=O)NCCCc2ccc(Cl)c(Cl)c2)C1C1CCCCC1. The summed E-state index contributed by atoms with van der Waals surface area (Å²) in [4.78, 5) is 26.5. The zero-order valence-corrected chi connectivity index (χ0v) is 17.5. The maximum absolute atomic E-state index is 12.8. The van der Waals surface area contributed by atoms with Crippen molar-refractivity contribution in [2.75, 3.05) is 13.6 Å². The lowest BCUT2D eigenvalue weighted by Gasteiger charge is -2.33. The fourth-order valence-electron chi connectivity index (χ4n) is 4.27. The molecule has 152 valence electrons. The molecule has 1 unspecified atom stereocenters. The fraction of sp³-hybridized carbons (Fsp3) is 0.524. The number of hydrogen-bond acceptors (Lipinski definition) is 3. The molecule has 0 saturated heterocycles. The Morgan fingerprint density at radius 3 is 2.61 bits per heavy atom. The van der Waals surface area contributed by atoms with E-state index in [0.717, 1.165) is 44.1 Å². The van der Waals surface area contributed by atoms with Crippen molar-refractivity contribution < 1.29 is 14.7 Å². The van der Waals surface area contributed by atoms with Crippen molar-refractivity contribution in [2.45, 2.75) is 51.0 Å². The van der Waals surface area contributed by atoms with Crippen LogP contribution in [0.4, 0.5) is 0 Å². The number of amides is 2. The van der Waals surface area contributed by atoms with Crippen LogP contribution in [0.5, 0.6) is 0 Å². The maximum atomic E-state index is 12.8. The van der Waals surface area contributed by atoms with Crippen molar-refractivity contribution >= 4 is 35.0 Å². The van der Waals surface area contributed by atoms with Crippen molar-refractivity contribution in [1.29, 1.82) is 0 Å². The summed E-state index contributed by atoms with van der Waals surface area (Å²) in [5, 5.41) is 14.2. The fourth-order valence-corrected chi connectivity index (χ4v) is 4.59. The average Bonchev–Trinajstić information content (AvgIpc) is 2.92. The predicted molar refractivity (Wildman–Crippen MR) is 111 cm³/mol. The van der Waals surface area contributed by atoms with Crippen LogP contribution in [-0.4, -0.2) is 41.5 Å². The number of rotatable bonds is 6. The van der Waals surface area contributed by atoms with E-state index < -0.39 is 11.7 Å². The van der Waals surface area contributed by atoms with E-state index in [-0.39, 0.29) is 23.4 Å². The van der Waals surface area contributed by atoms with Gasteiger partial charge in [0.1, 0.15) is 0 Å². The normalized spacial score (nSPS) is 20.8. The zero-order chi connectivity index (χ0) is 20.3. The molecule has 28 heavy (non-hydrogen) atoms. The summed E-state index contributed by atoms with van der Waals surface area (Å²) < 4.78 is 0. The van der Waals surface area contributed by atoms with Gasteiger partial charge in [0.15, 0.2) is 5.76 Å². The molecule has 7 heteroatoms. The van der Waals surface area contributed by atoms with Crippen LogP contribution in [0.1, 0.15) is 44.1 Å². The summed E-state index contributed by atoms with van der Waals surface area (Å²) in [6.45, 7) is 0.450. The first-order valence-electron chi connectivity index (χ1n) is 9.82. The number of benzene rings is 1. The van der Waals surface area contributed by atoms with Crippen molar-refractivity contribution in [1.82, 2.24) is 10.2 Å². The zero-order valence-electron chi connectivity index (χ0n) is 16.0. The van der Waals surface area contributed by atoms with E-state index in [1.165, 1.54) is 11.3 Å². The van der Waals surface area contributed by atoms with Gasteiger partial charge in [0, 0.05) is 13.6 Å². The molecular formula is C21H26Cl2N2O3. The summed E-state index contributed by atoms with van der Waals surface area (Å²) in [7, 11) is 1.67. The van der Waals surface area contributed by atoms with Crippen LogP contribution in [0, 0.1) is 5.92 Å². The quantitative estimate of drug-likeness (QED) is 0.669. The number of likely N-dealkylation sites (N-methyl/N-ethyl adjacent to an activating group) is 1. The first-order chi connectivity index (χ1) is 13.4. The standard InChI is InChI=1S/C21H26Cl2N2O3/c1-25-18(14-7-3-2-4-8-14)17(19(26)21(25)28)20(27)24-11-5-6-13-9-10-15(22)16(23)12-13/h9-10,12,14,18,26H,2-8,11H2,1H3,(H,24,27). The topological polar surface area (TPSA) is 69.6 Å². The molecule has 2 N–H and O–H groups in total. The van der Waals surface area contributed by atoms with Gasteiger partial charge in [0.2, 0.25) is 0 Å². The molecule has 0 bridgehead atoms. The van der Waals surface area contributed by atoms with Crippen LogP contribution >= 0.6 is 23.2 Å². The second-order valence-corrected chi connectivity index (χ2v) is 8.44. The van der Waals surface area contributed by atoms with Gasteiger partial charge in [-0.25, -0.2) is 0 Å². The van der Waals surface area contributed by atoms with Crippen molar-refractivity contribution in [2.24, 2.45) is 5.92 Å². The molecule has 2 amide bonds. The van der Waals surface area contributed by atoms with Crippen molar-refractivity contribution in [3.8, 4) is 0 Å². The highest BCUT2D eigenvalue weighted by Crippen LogP contribution is 2.36. The van der Waals surface area contributed by atoms with Gasteiger partial charge in [-0.05, 0) is 49.3 Å². The Kier molecular flexibility index (Phi) is 6.89. The van der Waals surface area contributed by atoms with Gasteiger partial charge < -0.3 is 15.3 Å². The Morgan fingerprint density at radius 2 is 1.93 bits per heavy atom. The highest BCUT2D eigenvalue weighted by Gasteiger charge is 2.44. The molecule has 0 radical (unpaired) electrons. The Labute approximate surface area is 175 Å². The number of carbonyl (C=O) groups is 2. The molecule has 5 nitrogen and oxygen atoms in total. The number of hydrogen-bond donors (Lipinski definition) is 2. The van der Waals surface area contributed by atoms with Gasteiger partial charge in [-0.1, -0.05) is 48.5 Å². The Morgan fingerprint density at radius 1 is 1.21 bits per heavy atom. The highest BCUT2D eigenvalue weighted by molar-refractivity contribution is 6.42. The first kappa shape index (κ1) is 21.0. The van der Waals surface area contributed by atoms with Gasteiger partial charge in [-0.15, -0.1) is 0 Å². The van der Waals surface area contributed by atoms with Crippen LogP contribution in [0.3, 0.4) is 0 Å². The van der Waals surface area contributed by atoms with E-state index in [1.807, 2.05) is 12.1 Å². The predicted octanol–water partition coefficient (Wildman–Crippen LogP) is 4.28. The molecule has 1 aromatic carbocycles. The lowest BCUT2D eigenvalue weighted by atomic mass is 9.81. The number of aryl methyl sites for hydroxylation is 1. The van der Waals surface area contributed by atoms with Crippen molar-refractivity contribution in [3.63, 3.8) is 0 Å². The monoisotopic (exact) mass is 424 g/mol. The van der Waals surface area contributed by atoms with E-state index in [1.54, 1.807) is 13.1 Å². The summed E-state index contributed by atoms with van der Waals surface area (Å²) in [5.74, 6) is -0.985. The van der Waals surface area contributed by atoms with E-state index in [2.05, 4.69) is 5.32 Å². The molecule has 1 aliphatic carbocycles. The minimum Gasteiger partial charge on any atom is -0.503 e. The largest absolute Gasteiger partial charge is 0.503 e. The third-order valence-corrected chi connectivity index (χ3v) is 6.48. The van der Waals surface area contributed by atoms with Crippen LogP contribution in [0.2, 0.25) is 10.0 Å². The summed E-state index contributed by atoms with van der Waals surface area (Å²) in [5.41, 5.74) is 1.27. The molecule has 1 heterocycles. The molecule has 1 aromatic rings. The smallest absolute Gasteiger partial charge is 0.289 e. The van der Waals surface area contributed by atoms with Gasteiger partial charge in [0.25, 0.3) is 11.8 Å². The molecule has 1 atom stereocenters. The minimum atomic E-state index is -0.462. The van der Waals surface area contributed by atoms with Crippen LogP contribution in [0.15, 0.2) is 29.5 Å². The molecule has 3 rings (SSSR count). The third-order valence-electron chi connectivity index (χ3n) is 5.74. The minimum absolute atomic E-state index is 0.226. The van der Waals surface area contributed by atoms with Gasteiger partial charge in [0.05, 0.1) is 21.7 Å². The highest BCUT2D eigenvalue weighted by atomic mass is 35.5. The van der Waals surface area contributed by atoms with E-state index in [0.29, 0.717) is 16.6 Å². The molecule has 1 saturated carbocycles. The summed E-state index contributed by atoms with van der Waals surface area (Å²) in [6.07, 6.45) is 6.80. The Hall–Kier alpha value is -1.72. The van der Waals surface area contributed by atoms with E-state index in [4.69, 9.17) is 23.2 Å². The Bertz CT molecular complexity index is 788. The number of aliphatic hydroxyl groups is 1. The van der Waals surface area contributed by atoms with Crippen LogP contribution in [0.25, 0.3) is 0 Å².